The van der Waals surface area contributed by atoms with Gasteiger partial charge in [-0.3, -0.25) is 0 Å². The smallest absolute Gasteiger partial charge is 0.394 e. The average molecular weight is 326 g/mol. The molecule has 22 heavy (non-hydrogen) atoms. The Morgan fingerprint density at radius 3 is 2.64 bits per heavy atom. The quantitative estimate of drug-likeness (QED) is 0.797. The summed E-state index contributed by atoms with van der Waals surface area (Å²) in [5, 5.41) is 10.2. The number of ether oxygens (including phenoxy) is 1. The molecule has 0 aliphatic heterocycles. The Kier molecular flexibility index (Phi) is 5.73. The van der Waals surface area contributed by atoms with E-state index in [1.165, 1.54) is 0 Å². The van der Waals surface area contributed by atoms with Gasteiger partial charge < -0.3 is 14.0 Å². The standard InChI is InChI=1S/C15H18O6S/c1-12(19-10-9-16)11-20-22(17,18)21-15-8-4-6-13-5-2-3-7-14(13)15/h2-8,12,16H,9-11H2,1H3. The minimum Gasteiger partial charge on any atom is -0.394 e. The number of hydrogen-bond acceptors (Lipinski definition) is 6. The van der Waals surface area contributed by atoms with E-state index >= 15 is 0 Å². The molecule has 0 bridgehead atoms. The van der Waals surface area contributed by atoms with Crippen molar-refractivity contribution in [3.8, 4) is 5.75 Å². The normalized spacial score (nSPS) is 13.2. The number of aliphatic hydroxyl groups excluding tert-OH is 1. The van der Waals surface area contributed by atoms with E-state index in [0.29, 0.717) is 5.39 Å². The van der Waals surface area contributed by atoms with E-state index in [9.17, 15) is 8.42 Å². The molecule has 7 heteroatoms. The van der Waals surface area contributed by atoms with Crippen LogP contribution >= 0.6 is 0 Å². The van der Waals surface area contributed by atoms with E-state index in [2.05, 4.69) is 0 Å². The van der Waals surface area contributed by atoms with Crippen molar-refractivity contribution in [3.63, 3.8) is 0 Å². The fourth-order valence-corrected chi connectivity index (χ4v) is 2.66. The number of aliphatic hydroxyl groups is 1. The fourth-order valence-electron chi connectivity index (χ4n) is 1.88. The van der Waals surface area contributed by atoms with Gasteiger partial charge in [0.1, 0.15) is 0 Å². The molecule has 1 unspecified atom stereocenters. The maximum atomic E-state index is 11.9. The molecular weight excluding hydrogens is 308 g/mol. The van der Waals surface area contributed by atoms with Crippen molar-refractivity contribution >= 4 is 21.2 Å². The van der Waals surface area contributed by atoms with Gasteiger partial charge in [-0.05, 0) is 18.4 Å². The Morgan fingerprint density at radius 1 is 1.14 bits per heavy atom. The molecule has 1 atom stereocenters. The van der Waals surface area contributed by atoms with Gasteiger partial charge in [-0.25, -0.2) is 4.18 Å². The molecule has 0 heterocycles. The zero-order valence-corrected chi connectivity index (χ0v) is 13.0. The first-order valence-corrected chi connectivity index (χ1v) is 8.14. The third kappa shape index (κ3) is 4.67. The first-order chi connectivity index (χ1) is 10.5. The molecule has 2 rings (SSSR count). The Bertz CT molecular complexity index is 708. The maximum Gasteiger partial charge on any atom is 0.449 e. The van der Waals surface area contributed by atoms with Crippen LogP contribution in [0, 0.1) is 0 Å². The lowest BCUT2D eigenvalue weighted by molar-refractivity contribution is 0.0126. The Hall–Kier alpha value is -1.67. The van der Waals surface area contributed by atoms with E-state index in [0.717, 1.165) is 5.39 Å². The third-order valence-corrected chi connectivity index (χ3v) is 3.69. The van der Waals surface area contributed by atoms with E-state index in [4.69, 9.17) is 18.2 Å². The SMILES string of the molecule is CC(COS(=O)(=O)Oc1cccc2ccccc12)OCCO. The lowest BCUT2D eigenvalue weighted by atomic mass is 10.1. The molecule has 120 valence electrons. The molecule has 2 aromatic carbocycles. The number of hydrogen-bond donors (Lipinski definition) is 1. The summed E-state index contributed by atoms with van der Waals surface area (Å²) < 4.78 is 38.7. The van der Waals surface area contributed by atoms with Crippen LogP contribution in [-0.4, -0.2) is 39.4 Å². The predicted octanol–water partition coefficient (Wildman–Crippen LogP) is 1.88. The summed E-state index contributed by atoms with van der Waals surface area (Å²) in [5.74, 6) is 0.210. The van der Waals surface area contributed by atoms with E-state index in [-0.39, 0.29) is 25.6 Å². The van der Waals surface area contributed by atoms with Crippen molar-refractivity contribution in [2.24, 2.45) is 0 Å². The van der Waals surface area contributed by atoms with Gasteiger partial charge in [-0.1, -0.05) is 36.4 Å². The zero-order chi connectivity index (χ0) is 16.0. The number of benzene rings is 2. The highest BCUT2D eigenvalue weighted by Crippen LogP contribution is 2.26. The summed E-state index contributed by atoms with van der Waals surface area (Å²) in [7, 11) is -4.19. The van der Waals surface area contributed by atoms with Gasteiger partial charge in [0.05, 0.1) is 25.9 Å². The lowest BCUT2D eigenvalue weighted by Crippen LogP contribution is -2.23. The van der Waals surface area contributed by atoms with Gasteiger partial charge in [0.2, 0.25) is 0 Å². The maximum absolute atomic E-state index is 11.9. The number of rotatable bonds is 8. The first-order valence-electron chi connectivity index (χ1n) is 6.81. The fraction of sp³-hybridized carbons (Fsp3) is 0.333. The van der Waals surface area contributed by atoms with E-state index in [1.54, 1.807) is 31.2 Å². The molecule has 0 amide bonds. The van der Waals surface area contributed by atoms with Crippen LogP contribution in [0.3, 0.4) is 0 Å². The summed E-state index contributed by atoms with van der Waals surface area (Å²) in [6.07, 6.45) is -0.474. The summed E-state index contributed by atoms with van der Waals surface area (Å²) >= 11 is 0. The van der Waals surface area contributed by atoms with Gasteiger partial charge in [0.15, 0.2) is 5.75 Å². The van der Waals surface area contributed by atoms with Crippen LogP contribution in [0.2, 0.25) is 0 Å². The summed E-state index contributed by atoms with van der Waals surface area (Å²) in [6.45, 7) is 1.44. The molecule has 2 aromatic rings. The molecule has 0 saturated carbocycles. The van der Waals surface area contributed by atoms with Gasteiger partial charge in [-0.2, -0.15) is 8.42 Å². The summed E-state index contributed by atoms with van der Waals surface area (Å²) in [5.41, 5.74) is 0. The minimum atomic E-state index is -4.19. The van der Waals surface area contributed by atoms with Crippen molar-refractivity contribution in [2.45, 2.75) is 13.0 Å². The van der Waals surface area contributed by atoms with E-state index in [1.807, 2.05) is 18.2 Å². The number of fused-ring (bicyclic) bond motifs is 1. The monoisotopic (exact) mass is 326 g/mol. The second-order valence-electron chi connectivity index (χ2n) is 4.66. The summed E-state index contributed by atoms with van der Waals surface area (Å²) in [6, 6.07) is 12.4. The van der Waals surface area contributed by atoms with Gasteiger partial charge in [-0.15, -0.1) is 0 Å². The first kappa shape index (κ1) is 16.7. The second kappa shape index (κ2) is 7.55. The molecule has 0 fully saturated rings. The van der Waals surface area contributed by atoms with Gasteiger partial charge in [0, 0.05) is 5.39 Å². The van der Waals surface area contributed by atoms with Crippen molar-refractivity contribution in [1.82, 2.24) is 0 Å². The van der Waals surface area contributed by atoms with Gasteiger partial charge in [0.25, 0.3) is 0 Å². The average Bonchev–Trinajstić information content (AvgIpc) is 2.51. The third-order valence-electron chi connectivity index (χ3n) is 2.88. The summed E-state index contributed by atoms with van der Waals surface area (Å²) in [4.78, 5) is 0. The van der Waals surface area contributed by atoms with Crippen molar-refractivity contribution in [1.29, 1.82) is 0 Å². The second-order valence-corrected chi connectivity index (χ2v) is 5.88. The van der Waals surface area contributed by atoms with Crippen LogP contribution in [0.1, 0.15) is 6.92 Å². The highest BCUT2D eigenvalue weighted by molar-refractivity contribution is 7.82. The van der Waals surface area contributed by atoms with Crippen molar-refractivity contribution in [3.05, 3.63) is 42.5 Å². The Morgan fingerprint density at radius 2 is 1.86 bits per heavy atom. The largest absolute Gasteiger partial charge is 0.449 e. The molecular formula is C15H18O6S. The van der Waals surface area contributed by atoms with Gasteiger partial charge >= 0.3 is 10.4 Å². The van der Waals surface area contributed by atoms with Crippen LogP contribution < -0.4 is 4.18 Å². The predicted molar refractivity (Wildman–Crippen MR) is 81.9 cm³/mol. The van der Waals surface area contributed by atoms with Crippen molar-refractivity contribution in [2.75, 3.05) is 19.8 Å². The van der Waals surface area contributed by atoms with Crippen LogP contribution in [0.25, 0.3) is 10.8 Å². The van der Waals surface area contributed by atoms with Crippen LogP contribution in [0.5, 0.6) is 5.75 Å². The van der Waals surface area contributed by atoms with Crippen LogP contribution in [-0.2, 0) is 19.3 Å². The molecule has 0 aliphatic carbocycles. The van der Waals surface area contributed by atoms with E-state index < -0.39 is 16.5 Å². The lowest BCUT2D eigenvalue weighted by Gasteiger charge is -2.13. The molecule has 0 radical (unpaired) electrons. The highest BCUT2D eigenvalue weighted by atomic mass is 32.3. The highest BCUT2D eigenvalue weighted by Gasteiger charge is 2.17. The molecule has 0 saturated heterocycles. The topological polar surface area (TPSA) is 82.1 Å². The molecule has 0 spiro atoms. The molecule has 0 aromatic heterocycles. The Labute approximate surface area is 129 Å². The van der Waals surface area contributed by atoms with Crippen LogP contribution in [0.15, 0.2) is 42.5 Å². The van der Waals surface area contributed by atoms with Crippen LogP contribution in [0.4, 0.5) is 0 Å². The zero-order valence-electron chi connectivity index (χ0n) is 12.1. The minimum absolute atomic E-state index is 0.120. The Balaban J connectivity index is 2.04. The molecule has 0 aliphatic rings. The molecule has 1 N–H and O–H groups in total. The van der Waals surface area contributed by atoms with Crippen molar-refractivity contribution < 1.29 is 26.6 Å². The molecule has 6 nitrogen and oxygen atoms in total.